The van der Waals surface area contributed by atoms with Crippen LogP contribution in [-0.4, -0.2) is 49.0 Å². The van der Waals surface area contributed by atoms with Crippen molar-refractivity contribution in [1.82, 2.24) is 9.88 Å². The SMILES string of the molecule is CN(C)CC1Cc2c(Cl)cccc2N(C(=O)[C@H](N)Cc2c[nH]c3ccccc23)C1. The van der Waals surface area contributed by atoms with Gasteiger partial charge in [-0.3, -0.25) is 4.79 Å². The molecule has 4 rings (SSSR count). The summed E-state index contributed by atoms with van der Waals surface area (Å²) in [4.78, 5) is 20.7. The Bertz CT molecular complexity index is 1030. The summed E-state index contributed by atoms with van der Waals surface area (Å²) in [5, 5.41) is 1.83. The summed E-state index contributed by atoms with van der Waals surface area (Å²) in [7, 11) is 4.11. The number of nitrogens with two attached hydrogens (primary N) is 1. The minimum absolute atomic E-state index is 0.0535. The van der Waals surface area contributed by atoms with Gasteiger partial charge in [-0.15, -0.1) is 0 Å². The monoisotopic (exact) mass is 410 g/mol. The molecule has 2 aromatic carbocycles. The number of carbonyl (C=O) groups is 1. The molecule has 3 aromatic rings. The molecule has 0 saturated heterocycles. The normalized spacial score (nSPS) is 17.6. The van der Waals surface area contributed by atoms with E-state index in [1.54, 1.807) is 0 Å². The maximum absolute atomic E-state index is 13.4. The first-order valence-electron chi connectivity index (χ1n) is 9.98. The number of halogens is 1. The number of para-hydroxylation sites is 1. The zero-order chi connectivity index (χ0) is 20.5. The average molecular weight is 411 g/mol. The molecule has 5 nitrogen and oxygen atoms in total. The van der Waals surface area contributed by atoms with Crippen LogP contribution in [0.2, 0.25) is 5.02 Å². The summed E-state index contributed by atoms with van der Waals surface area (Å²) < 4.78 is 0. The lowest BCUT2D eigenvalue weighted by atomic mass is 9.91. The number of rotatable bonds is 5. The number of anilines is 1. The zero-order valence-corrected chi connectivity index (χ0v) is 17.6. The van der Waals surface area contributed by atoms with Crippen molar-refractivity contribution in [2.45, 2.75) is 18.9 Å². The number of fused-ring (bicyclic) bond motifs is 2. The molecule has 0 spiro atoms. The molecule has 152 valence electrons. The number of benzene rings is 2. The van der Waals surface area contributed by atoms with Gasteiger partial charge in [0.15, 0.2) is 0 Å². The Hall–Kier alpha value is -2.34. The highest BCUT2D eigenvalue weighted by Gasteiger charge is 2.32. The van der Waals surface area contributed by atoms with Gasteiger partial charge in [0.2, 0.25) is 5.91 Å². The summed E-state index contributed by atoms with van der Waals surface area (Å²) in [6.45, 7) is 1.55. The Kier molecular flexibility index (Phi) is 5.63. The van der Waals surface area contributed by atoms with Gasteiger partial charge in [-0.05, 0) is 62.2 Å². The van der Waals surface area contributed by atoms with Gasteiger partial charge >= 0.3 is 0 Å². The molecule has 3 N–H and O–H groups in total. The molecule has 2 atom stereocenters. The van der Waals surface area contributed by atoms with E-state index in [0.717, 1.165) is 40.7 Å². The quantitative estimate of drug-likeness (QED) is 0.677. The molecule has 0 saturated carbocycles. The Morgan fingerprint density at radius 1 is 1.28 bits per heavy atom. The lowest BCUT2D eigenvalue weighted by molar-refractivity contribution is -0.120. The lowest BCUT2D eigenvalue weighted by Crippen LogP contribution is -2.50. The van der Waals surface area contributed by atoms with Crippen LogP contribution in [0.1, 0.15) is 11.1 Å². The van der Waals surface area contributed by atoms with Crippen LogP contribution in [0.5, 0.6) is 0 Å². The van der Waals surface area contributed by atoms with Crippen LogP contribution in [0.25, 0.3) is 10.9 Å². The van der Waals surface area contributed by atoms with Crippen molar-refractivity contribution in [1.29, 1.82) is 0 Å². The molecule has 6 heteroatoms. The van der Waals surface area contributed by atoms with Gasteiger partial charge in [0, 0.05) is 40.9 Å². The molecule has 1 aromatic heterocycles. The first kappa shape index (κ1) is 20.0. The maximum atomic E-state index is 13.4. The van der Waals surface area contributed by atoms with Crippen LogP contribution < -0.4 is 10.6 Å². The molecular weight excluding hydrogens is 384 g/mol. The van der Waals surface area contributed by atoms with Crippen molar-refractivity contribution < 1.29 is 4.79 Å². The van der Waals surface area contributed by atoms with Crippen LogP contribution in [0.4, 0.5) is 5.69 Å². The van der Waals surface area contributed by atoms with E-state index in [2.05, 4.69) is 30.0 Å². The first-order valence-corrected chi connectivity index (χ1v) is 10.4. The Morgan fingerprint density at radius 2 is 2.07 bits per heavy atom. The number of nitrogens with one attached hydrogen (secondary N) is 1. The Balaban J connectivity index is 1.60. The number of aromatic nitrogens is 1. The fraction of sp³-hybridized carbons (Fsp3) is 0.348. The van der Waals surface area contributed by atoms with Gasteiger partial charge < -0.3 is 20.5 Å². The molecule has 0 bridgehead atoms. The van der Waals surface area contributed by atoms with Crippen molar-refractivity contribution in [3.63, 3.8) is 0 Å². The van der Waals surface area contributed by atoms with Crippen LogP contribution in [0.15, 0.2) is 48.7 Å². The number of aromatic amines is 1. The summed E-state index contributed by atoms with van der Waals surface area (Å²) in [6.07, 6.45) is 3.32. The second-order valence-electron chi connectivity index (χ2n) is 8.19. The molecule has 0 radical (unpaired) electrons. The predicted molar refractivity (Wildman–Crippen MR) is 120 cm³/mol. The van der Waals surface area contributed by atoms with Gasteiger partial charge in [-0.25, -0.2) is 0 Å². The topological polar surface area (TPSA) is 65.4 Å². The van der Waals surface area contributed by atoms with Crippen LogP contribution in [-0.2, 0) is 17.6 Å². The predicted octanol–water partition coefficient (Wildman–Crippen LogP) is 3.46. The zero-order valence-electron chi connectivity index (χ0n) is 16.9. The highest BCUT2D eigenvalue weighted by molar-refractivity contribution is 6.32. The molecule has 0 aliphatic carbocycles. The minimum Gasteiger partial charge on any atom is -0.361 e. The van der Waals surface area contributed by atoms with Gasteiger partial charge in [0.05, 0.1) is 6.04 Å². The summed E-state index contributed by atoms with van der Waals surface area (Å²) in [6, 6.07) is 13.2. The Labute approximate surface area is 176 Å². The molecule has 1 amide bonds. The number of hydrogen-bond acceptors (Lipinski definition) is 3. The van der Waals surface area contributed by atoms with Crippen molar-refractivity contribution in [2.75, 3.05) is 32.1 Å². The first-order chi connectivity index (χ1) is 13.9. The summed E-state index contributed by atoms with van der Waals surface area (Å²) in [5.74, 6) is 0.267. The summed E-state index contributed by atoms with van der Waals surface area (Å²) >= 11 is 6.49. The fourth-order valence-electron chi connectivity index (χ4n) is 4.38. The van der Waals surface area contributed by atoms with Crippen molar-refractivity contribution in [2.24, 2.45) is 11.7 Å². The van der Waals surface area contributed by atoms with Crippen molar-refractivity contribution in [3.05, 3.63) is 64.8 Å². The molecule has 1 unspecified atom stereocenters. The molecule has 0 fully saturated rings. The van der Waals surface area contributed by atoms with E-state index in [1.165, 1.54) is 0 Å². The molecule has 1 aliphatic rings. The Morgan fingerprint density at radius 3 is 2.86 bits per heavy atom. The van der Waals surface area contributed by atoms with E-state index < -0.39 is 6.04 Å². The number of carbonyl (C=O) groups excluding carboxylic acids is 1. The molecule has 1 aliphatic heterocycles. The van der Waals surface area contributed by atoms with E-state index in [-0.39, 0.29) is 5.91 Å². The standard InChI is InChI=1S/C23H27ClN4O/c1-27(2)13-15-10-18-19(24)7-5-9-22(18)28(14-15)23(29)20(25)11-16-12-26-21-8-4-3-6-17(16)21/h3-9,12,15,20,26H,10-11,13-14,25H2,1-2H3/t15?,20-/m1/s1. The van der Waals surface area contributed by atoms with E-state index in [4.69, 9.17) is 17.3 Å². The lowest BCUT2D eigenvalue weighted by Gasteiger charge is -2.37. The third-order valence-corrected chi connectivity index (χ3v) is 5.99. The van der Waals surface area contributed by atoms with Gasteiger partial charge in [0.25, 0.3) is 0 Å². The third kappa shape index (κ3) is 4.04. The highest BCUT2D eigenvalue weighted by atomic mass is 35.5. The molecule has 2 heterocycles. The number of hydrogen-bond donors (Lipinski definition) is 2. The van der Waals surface area contributed by atoms with E-state index in [9.17, 15) is 4.79 Å². The largest absolute Gasteiger partial charge is 0.361 e. The summed E-state index contributed by atoms with van der Waals surface area (Å²) in [5.41, 5.74) is 10.5. The number of H-pyrrole nitrogens is 1. The van der Waals surface area contributed by atoms with Crippen LogP contribution in [0, 0.1) is 5.92 Å². The number of amides is 1. The maximum Gasteiger partial charge on any atom is 0.244 e. The van der Waals surface area contributed by atoms with Crippen LogP contribution >= 0.6 is 11.6 Å². The van der Waals surface area contributed by atoms with Gasteiger partial charge in [-0.1, -0.05) is 35.9 Å². The van der Waals surface area contributed by atoms with Crippen LogP contribution in [0.3, 0.4) is 0 Å². The van der Waals surface area contributed by atoms with E-state index >= 15 is 0 Å². The average Bonchev–Trinajstić information content (AvgIpc) is 3.10. The number of nitrogens with zero attached hydrogens (tertiary/aromatic N) is 2. The minimum atomic E-state index is -0.612. The van der Waals surface area contributed by atoms with Gasteiger partial charge in [0.1, 0.15) is 0 Å². The van der Waals surface area contributed by atoms with Crippen molar-refractivity contribution >= 4 is 34.1 Å². The molecule has 29 heavy (non-hydrogen) atoms. The van der Waals surface area contributed by atoms with E-state index in [0.29, 0.717) is 23.9 Å². The second kappa shape index (κ2) is 8.19. The highest BCUT2D eigenvalue weighted by Crippen LogP contribution is 2.35. The second-order valence-corrected chi connectivity index (χ2v) is 8.60. The smallest absolute Gasteiger partial charge is 0.244 e. The third-order valence-electron chi connectivity index (χ3n) is 5.64. The molecular formula is C23H27ClN4O. The van der Waals surface area contributed by atoms with Gasteiger partial charge in [-0.2, -0.15) is 0 Å². The van der Waals surface area contributed by atoms with E-state index in [1.807, 2.05) is 47.5 Å². The fourth-order valence-corrected chi connectivity index (χ4v) is 4.63. The van der Waals surface area contributed by atoms with Crippen molar-refractivity contribution in [3.8, 4) is 0 Å².